The second-order valence-corrected chi connectivity index (χ2v) is 4.17. The van der Waals surface area contributed by atoms with Gasteiger partial charge in [0.1, 0.15) is 24.8 Å². The Labute approximate surface area is 116 Å². The van der Waals surface area contributed by atoms with Gasteiger partial charge >= 0.3 is 6.18 Å². The van der Waals surface area contributed by atoms with E-state index >= 15 is 0 Å². The maximum absolute atomic E-state index is 12.4. The van der Waals surface area contributed by atoms with Crippen LogP contribution in [0.5, 0.6) is 0 Å². The largest absolute Gasteiger partial charge is 0.405 e. The smallest absolute Gasteiger partial charge is 0.374 e. The Balaban J connectivity index is 2.95. The van der Waals surface area contributed by atoms with Gasteiger partial charge in [-0.1, -0.05) is 0 Å². The minimum Gasteiger partial charge on any atom is -0.374 e. The van der Waals surface area contributed by atoms with Gasteiger partial charge in [-0.25, -0.2) is 9.97 Å². The number of aromatic nitrogens is 2. The molecule has 0 aromatic carbocycles. The minimum atomic E-state index is -4.28. The number of alkyl halides is 3. The van der Waals surface area contributed by atoms with Crippen molar-refractivity contribution in [2.75, 3.05) is 37.0 Å². The molecule has 0 saturated heterocycles. The van der Waals surface area contributed by atoms with Crippen LogP contribution in [0, 0.1) is 0 Å². The summed E-state index contributed by atoms with van der Waals surface area (Å²) in [6, 6.07) is 1.49. The van der Waals surface area contributed by atoms with Crippen molar-refractivity contribution in [3.05, 3.63) is 11.9 Å². The summed E-state index contributed by atoms with van der Waals surface area (Å²) < 4.78 is 42.4. The number of nitrogens with one attached hydrogen (secondary N) is 1. The first-order valence-corrected chi connectivity index (χ1v) is 6.33. The lowest BCUT2D eigenvalue weighted by molar-refractivity contribution is -0.119. The van der Waals surface area contributed by atoms with Crippen LogP contribution < -0.4 is 10.2 Å². The standard InChI is InChI=1S/C12H19F3N4O/c1-4-16-9-6-11(19(3)8-12(13,14)15)18-10(17-9)7-20-5-2/h6H,4-5,7-8H2,1-3H3,(H,16,17,18). The molecule has 8 heteroatoms. The van der Waals surface area contributed by atoms with E-state index in [2.05, 4.69) is 15.3 Å². The van der Waals surface area contributed by atoms with E-state index in [0.29, 0.717) is 24.8 Å². The number of ether oxygens (including phenoxy) is 1. The summed E-state index contributed by atoms with van der Waals surface area (Å²) in [5.41, 5.74) is 0. The van der Waals surface area contributed by atoms with E-state index in [-0.39, 0.29) is 12.4 Å². The normalized spacial score (nSPS) is 11.5. The van der Waals surface area contributed by atoms with E-state index < -0.39 is 12.7 Å². The predicted octanol–water partition coefficient (Wildman–Crippen LogP) is 2.44. The molecule has 1 aromatic heterocycles. The molecular weight excluding hydrogens is 273 g/mol. The molecule has 0 aliphatic rings. The van der Waals surface area contributed by atoms with Gasteiger partial charge in [0.25, 0.3) is 0 Å². The molecule has 0 fully saturated rings. The molecule has 0 saturated carbocycles. The van der Waals surface area contributed by atoms with E-state index in [1.807, 2.05) is 13.8 Å². The number of halogens is 3. The van der Waals surface area contributed by atoms with E-state index in [0.717, 1.165) is 4.90 Å². The summed E-state index contributed by atoms with van der Waals surface area (Å²) in [6.07, 6.45) is -4.28. The first-order chi connectivity index (χ1) is 9.35. The first-order valence-electron chi connectivity index (χ1n) is 6.33. The second kappa shape index (κ2) is 7.28. The van der Waals surface area contributed by atoms with Gasteiger partial charge in [0, 0.05) is 26.3 Å². The topological polar surface area (TPSA) is 50.3 Å². The van der Waals surface area contributed by atoms with Crippen LogP contribution in [-0.4, -0.2) is 42.9 Å². The molecule has 0 spiro atoms. The fraction of sp³-hybridized carbons (Fsp3) is 0.667. The third kappa shape index (κ3) is 5.60. The van der Waals surface area contributed by atoms with Crippen LogP contribution in [0.15, 0.2) is 6.07 Å². The fourth-order valence-corrected chi connectivity index (χ4v) is 1.56. The van der Waals surface area contributed by atoms with Crippen LogP contribution in [-0.2, 0) is 11.3 Å². The molecule has 1 aromatic rings. The van der Waals surface area contributed by atoms with Crippen molar-refractivity contribution in [2.24, 2.45) is 0 Å². The van der Waals surface area contributed by atoms with Gasteiger partial charge in [-0.15, -0.1) is 0 Å². The summed E-state index contributed by atoms with van der Waals surface area (Å²) in [7, 11) is 1.34. The molecule has 1 rings (SSSR count). The van der Waals surface area contributed by atoms with Crippen LogP contribution >= 0.6 is 0 Å². The third-order valence-electron chi connectivity index (χ3n) is 2.36. The van der Waals surface area contributed by atoms with E-state index in [9.17, 15) is 13.2 Å². The number of hydrogen-bond acceptors (Lipinski definition) is 5. The molecule has 114 valence electrons. The summed E-state index contributed by atoms with van der Waals surface area (Å²) in [5.74, 6) is 1.05. The van der Waals surface area contributed by atoms with Gasteiger partial charge in [-0.2, -0.15) is 13.2 Å². The Morgan fingerprint density at radius 2 is 2.00 bits per heavy atom. The van der Waals surface area contributed by atoms with Crippen molar-refractivity contribution in [3.8, 4) is 0 Å². The van der Waals surface area contributed by atoms with Gasteiger partial charge in [0.2, 0.25) is 0 Å². The summed E-state index contributed by atoms with van der Waals surface area (Å²) in [6.45, 7) is 3.91. The van der Waals surface area contributed by atoms with Gasteiger partial charge < -0.3 is 15.0 Å². The summed E-state index contributed by atoms with van der Waals surface area (Å²) in [4.78, 5) is 9.31. The number of nitrogens with zero attached hydrogens (tertiary/aromatic N) is 3. The Morgan fingerprint density at radius 1 is 1.30 bits per heavy atom. The van der Waals surface area contributed by atoms with E-state index in [1.165, 1.54) is 13.1 Å². The zero-order valence-electron chi connectivity index (χ0n) is 11.8. The summed E-state index contributed by atoms with van der Waals surface area (Å²) >= 11 is 0. The SMILES string of the molecule is CCNc1cc(N(C)CC(F)(F)F)nc(COCC)n1. The van der Waals surface area contributed by atoms with Crippen molar-refractivity contribution in [1.82, 2.24) is 9.97 Å². The highest BCUT2D eigenvalue weighted by Crippen LogP contribution is 2.21. The zero-order chi connectivity index (χ0) is 15.2. The van der Waals surface area contributed by atoms with Crippen LogP contribution in [0.2, 0.25) is 0 Å². The Morgan fingerprint density at radius 3 is 2.55 bits per heavy atom. The highest BCUT2D eigenvalue weighted by atomic mass is 19.4. The molecule has 1 N–H and O–H groups in total. The zero-order valence-corrected chi connectivity index (χ0v) is 11.8. The predicted molar refractivity (Wildman–Crippen MR) is 70.9 cm³/mol. The molecule has 0 bridgehead atoms. The maximum Gasteiger partial charge on any atom is 0.405 e. The van der Waals surface area contributed by atoms with Gasteiger partial charge in [-0.05, 0) is 13.8 Å². The molecule has 0 aliphatic carbocycles. The molecule has 0 amide bonds. The molecular formula is C12H19F3N4O. The lowest BCUT2D eigenvalue weighted by Crippen LogP contribution is -2.31. The Bertz CT molecular complexity index is 426. The molecule has 20 heavy (non-hydrogen) atoms. The lowest BCUT2D eigenvalue weighted by Gasteiger charge is -2.21. The van der Waals surface area contributed by atoms with Crippen molar-refractivity contribution in [3.63, 3.8) is 0 Å². The average Bonchev–Trinajstić information content (AvgIpc) is 2.34. The number of hydrogen-bond donors (Lipinski definition) is 1. The summed E-state index contributed by atoms with van der Waals surface area (Å²) in [5, 5.41) is 2.97. The highest BCUT2D eigenvalue weighted by Gasteiger charge is 2.30. The quantitative estimate of drug-likeness (QED) is 0.836. The Kier molecular flexibility index (Phi) is 6.00. The highest BCUT2D eigenvalue weighted by molar-refractivity contribution is 5.49. The van der Waals surface area contributed by atoms with Gasteiger partial charge in [0.05, 0.1) is 0 Å². The van der Waals surface area contributed by atoms with Crippen LogP contribution in [0.4, 0.5) is 24.8 Å². The molecule has 5 nitrogen and oxygen atoms in total. The number of anilines is 2. The van der Waals surface area contributed by atoms with Crippen LogP contribution in [0.3, 0.4) is 0 Å². The van der Waals surface area contributed by atoms with Crippen LogP contribution in [0.25, 0.3) is 0 Å². The van der Waals surface area contributed by atoms with Crippen molar-refractivity contribution >= 4 is 11.6 Å². The van der Waals surface area contributed by atoms with E-state index in [4.69, 9.17) is 4.74 Å². The van der Waals surface area contributed by atoms with Crippen molar-refractivity contribution in [1.29, 1.82) is 0 Å². The fourth-order valence-electron chi connectivity index (χ4n) is 1.56. The minimum absolute atomic E-state index is 0.169. The van der Waals surface area contributed by atoms with E-state index in [1.54, 1.807) is 0 Å². The molecule has 0 aliphatic heterocycles. The first kappa shape index (κ1) is 16.5. The Hall–Kier alpha value is -1.57. The van der Waals surface area contributed by atoms with Crippen molar-refractivity contribution in [2.45, 2.75) is 26.6 Å². The second-order valence-electron chi connectivity index (χ2n) is 4.17. The van der Waals surface area contributed by atoms with Crippen LogP contribution in [0.1, 0.15) is 19.7 Å². The molecule has 0 unspecified atom stereocenters. The van der Waals surface area contributed by atoms with Crippen molar-refractivity contribution < 1.29 is 17.9 Å². The maximum atomic E-state index is 12.4. The molecule has 0 radical (unpaired) electrons. The molecule has 1 heterocycles. The van der Waals surface area contributed by atoms with Gasteiger partial charge in [-0.3, -0.25) is 0 Å². The third-order valence-corrected chi connectivity index (χ3v) is 2.36. The average molecular weight is 292 g/mol. The molecule has 0 atom stereocenters. The number of rotatable bonds is 7. The van der Waals surface area contributed by atoms with Gasteiger partial charge in [0.15, 0.2) is 5.82 Å². The lowest BCUT2D eigenvalue weighted by atomic mass is 10.4. The monoisotopic (exact) mass is 292 g/mol.